The molecule has 3 rings (SSSR count). The summed E-state index contributed by atoms with van der Waals surface area (Å²) in [6, 6.07) is 5.52. The Bertz CT molecular complexity index is 918. The van der Waals surface area contributed by atoms with E-state index in [0.29, 0.717) is 40.2 Å². The predicted octanol–water partition coefficient (Wildman–Crippen LogP) is 3.30. The number of thiocarbonyl (C=S) groups is 1. The highest BCUT2D eigenvalue weighted by Crippen LogP contribution is 2.34. The molecule has 1 aromatic carbocycles. The first kappa shape index (κ1) is 27.4. The quantitative estimate of drug-likeness (QED) is 0.241. The second kappa shape index (κ2) is 14.4. The highest BCUT2D eigenvalue weighted by Gasteiger charge is 2.31. The Balaban J connectivity index is 1.33. The van der Waals surface area contributed by atoms with Gasteiger partial charge in [0, 0.05) is 32.6 Å². The van der Waals surface area contributed by atoms with Crippen LogP contribution in [0, 0.1) is 0 Å². The molecule has 2 fully saturated rings. The molecule has 0 aliphatic carbocycles. The molecule has 0 radical (unpaired) electrons. The fourth-order valence-corrected chi connectivity index (χ4v) is 5.27. The summed E-state index contributed by atoms with van der Waals surface area (Å²) in [7, 11) is 3.17. The van der Waals surface area contributed by atoms with Gasteiger partial charge in [-0.05, 0) is 49.6 Å². The molecule has 2 amide bonds. The van der Waals surface area contributed by atoms with E-state index in [4.69, 9.17) is 26.4 Å². The second-order valence-electron chi connectivity index (χ2n) is 8.42. The van der Waals surface area contributed by atoms with Gasteiger partial charge >= 0.3 is 0 Å². The number of nitrogens with zero attached hydrogens (tertiary/aromatic N) is 2. The van der Waals surface area contributed by atoms with E-state index in [1.54, 1.807) is 19.1 Å². The van der Waals surface area contributed by atoms with E-state index < -0.39 is 0 Å². The molecule has 0 unspecified atom stereocenters. The number of hydrogen-bond acceptors (Lipinski definition) is 8. The predicted molar refractivity (Wildman–Crippen MR) is 143 cm³/mol. The molecule has 0 aromatic heterocycles. The van der Waals surface area contributed by atoms with Crippen LogP contribution in [0.5, 0.6) is 11.5 Å². The van der Waals surface area contributed by atoms with Gasteiger partial charge < -0.3 is 19.5 Å². The van der Waals surface area contributed by atoms with Crippen molar-refractivity contribution in [3.05, 3.63) is 28.7 Å². The topological polar surface area (TPSA) is 80.3 Å². The van der Waals surface area contributed by atoms with Crippen molar-refractivity contribution in [2.24, 2.45) is 0 Å². The number of unbranched alkanes of at least 4 members (excludes halogenated alkanes) is 2. The number of nitrogens with one attached hydrogen (secondary N) is 1. The first-order chi connectivity index (χ1) is 17.0. The summed E-state index contributed by atoms with van der Waals surface area (Å²) >= 11 is 6.75. The summed E-state index contributed by atoms with van der Waals surface area (Å²) in [6.07, 6.45) is 5.76. The molecule has 2 aliphatic heterocycles. The van der Waals surface area contributed by atoms with Crippen LogP contribution in [0.3, 0.4) is 0 Å². The van der Waals surface area contributed by atoms with Crippen molar-refractivity contribution < 1.29 is 23.8 Å². The van der Waals surface area contributed by atoms with E-state index in [-0.39, 0.29) is 11.8 Å². The van der Waals surface area contributed by atoms with Crippen molar-refractivity contribution in [2.75, 3.05) is 60.2 Å². The van der Waals surface area contributed by atoms with Crippen molar-refractivity contribution in [1.29, 1.82) is 0 Å². The van der Waals surface area contributed by atoms with Crippen LogP contribution in [0.25, 0.3) is 6.08 Å². The van der Waals surface area contributed by atoms with Crippen molar-refractivity contribution in [3.8, 4) is 11.5 Å². The van der Waals surface area contributed by atoms with Gasteiger partial charge in [-0.3, -0.25) is 19.4 Å². The zero-order chi connectivity index (χ0) is 25.0. The van der Waals surface area contributed by atoms with Crippen LogP contribution in [-0.4, -0.2) is 86.1 Å². The van der Waals surface area contributed by atoms with Crippen LogP contribution >= 0.6 is 24.0 Å². The number of ether oxygens (including phenoxy) is 3. The Morgan fingerprint density at radius 2 is 1.89 bits per heavy atom. The molecule has 8 nitrogen and oxygen atoms in total. The van der Waals surface area contributed by atoms with Gasteiger partial charge in [0.05, 0.1) is 32.3 Å². The molecule has 35 heavy (non-hydrogen) atoms. The molecule has 2 aliphatic rings. The van der Waals surface area contributed by atoms with Crippen molar-refractivity contribution in [1.82, 2.24) is 15.1 Å². The molecular formula is C25H35N3O5S2. The van der Waals surface area contributed by atoms with E-state index in [1.165, 1.54) is 11.8 Å². The van der Waals surface area contributed by atoms with Gasteiger partial charge in [0.2, 0.25) is 5.91 Å². The molecule has 1 N–H and O–H groups in total. The van der Waals surface area contributed by atoms with E-state index in [1.807, 2.05) is 24.3 Å². The average Bonchev–Trinajstić information content (AvgIpc) is 3.14. The maximum atomic E-state index is 12.8. The molecule has 192 valence electrons. The summed E-state index contributed by atoms with van der Waals surface area (Å²) in [5.74, 6) is 1.26. The Morgan fingerprint density at radius 1 is 1.11 bits per heavy atom. The summed E-state index contributed by atoms with van der Waals surface area (Å²) < 4.78 is 16.5. The molecule has 0 bridgehead atoms. The number of hydrogen-bond donors (Lipinski definition) is 1. The third kappa shape index (κ3) is 8.49. The van der Waals surface area contributed by atoms with Crippen LogP contribution in [-0.2, 0) is 14.3 Å². The summed E-state index contributed by atoms with van der Waals surface area (Å²) in [6.45, 7) is 5.82. The summed E-state index contributed by atoms with van der Waals surface area (Å²) in [5, 5.41) is 3.00. The van der Waals surface area contributed by atoms with Gasteiger partial charge in [0.25, 0.3) is 5.91 Å². The van der Waals surface area contributed by atoms with Crippen LogP contribution in [0.4, 0.5) is 0 Å². The van der Waals surface area contributed by atoms with Crippen LogP contribution in [0.1, 0.15) is 37.7 Å². The minimum atomic E-state index is -0.0761. The molecule has 1 aromatic rings. The van der Waals surface area contributed by atoms with Crippen LogP contribution < -0.4 is 14.8 Å². The monoisotopic (exact) mass is 521 g/mol. The molecule has 10 heteroatoms. The average molecular weight is 522 g/mol. The number of carbonyl (C=O) groups excluding carboxylic acids is 2. The molecule has 0 atom stereocenters. The van der Waals surface area contributed by atoms with Crippen molar-refractivity contribution in [2.45, 2.75) is 32.1 Å². The van der Waals surface area contributed by atoms with Crippen molar-refractivity contribution in [3.63, 3.8) is 0 Å². The molecule has 0 spiro atoms. The van der Waals surface area contributed by atoms with Crippen molar-refractivity contribution >= 4 is 46.2 Å². The lowest BCUT2D eigenvalue weighted by Gasteiger charge is -2.26. The standard InChI is InChI=1S/C25H35N3O5S2/c1-31-20-9-8-19(17-21(20)32-2)18-22-24(30)28(25(34)35-22)12-5-3-4-7-23(29)26-10-6-11-27-13-15-33-16-14-27/h8-9,17-18H,3-7,10-16H2,1-2H3,(H,26,29). The molecule has 0 saturated carbocycles. The summed E-state index contributed by atoms with van der Waals surface area (Å²) in [5.41, 5.74) is 0.846. The van der Waals surface area contributed by atoms with Gasteiger partial charge in [-0.15, -0.1) is 0 Å². The maximum absolute atomic E-state index is 12.8. The summed E-state index contributed by atoms with van der Waals surface area (Å²) in [4.78, 5) is 29.5. The molecule has 2 heterocycles. The maximum Gasteiger partial charge on any atom is 0.266 e. The first-order valence-corrected chi connectivity index (χ1v) is 13.3. The lowest BCUT2D eigenvalue weighted by Crippen LogP contribution is -2.38. The highest BCUT2D eigenvalue weighted by atomic mass is 32.2. The number of morpholine rings is 1. The van der Waals surface area contributed by atoms with E-state index >= 15 is 0 Å². The second-order valence-corrected chi connectivity index (χ2v) is 10.1. The van der Waals surface area contributed by atoms with Crippen LogP contribution in [0.15, 0.2) is 23.1 Å². The SMILES string of the molecule is COc1ccc(C=C2SC(=S)N(CCCCCC(=O)NCCCN3CCOCC3)C2=O)cc1OC. The number of rotatable bonds is 13. The van der Waals surface area contributed by atoms with Crippen LogP contribution in [0.2, 0.25) is 0 Å². The fourth-order valence-electron chi connectivity index (χ4n) is 3.96. The third-order valence-corrected chi connectivity index (χ3v) is 7.32. The van der Waals surface area contributed by atoms with E-state index in [9.17, 15) is 9.59 Å². The Labute approximate surface area is 217 Å². The van der Waals surface area contributed by atoms with Gasteiger partial charge in [-0.25, -0.2) is 0 Å². The minimum absolute atomic E-state index is 0.0761. The largest absolute Gasteiger partial charge is 0.493 e. The lowest BCUT2D eigenvalue weighted by molar-refractivity contribution is -0.122. The minimum Gasteiger partial charge on any atom is -0.493 e. The number of methoxy groups -OCH3 is 2. The van der Waals surface area contributed by atoms with E-state index in [0.717, 1.165) is 64.1 Å². The zero-order valence-corrected chi connectivity index (χ0v) is 22.2. The zero-order valence-electron chi connectivity index (χ0n) is 20.5. The number of carbonyl (C=O) groups is 2. The Kier molecular flexibility index (Phi) is 11.3. The first-order valence-electron chi connectivity index (χ1n) is 12.1. The number of thioether (sulfide) groups is 1. The van der Waals surface area contributed by atoms with Gasteiger partial charge in [0.1, 0.15) is 4.32 Å². The lowest BCUT2D eigenvalue weighted by atomic mass is 10.1. The molecular weight excluding hydrogens is 486 g/mol. The Hall–Kier alpha value is -2.14. The third-order valence-electron chi connectivity index (χ3n) is 5.94. The number of amides is 2. The van der Waals surface area contributed by atoms with Gasteiger partial charge in [-0.2, -0.15) is 0 Å². The van der Waals surface area contributed by atoms with E-state index in [2.05, 4.69) is 10.2 Å². The fraction of sp³-hybridized carbons (Fsp3) is 0.560. The normalized spacial score (nSPS) is 17.8. The Morgan fingerprint density at radius 3 is 2.63 bits per heavy atom. The van der Waals surface area contributed by atoms with Gasteiger partial charge in [0.15, 0.2) is 11.5 Å². The van der Waals surface area contributed by atoms with Gasteiger partial charge in [-0.1, -0.05) is 36.5 Å². The number of benzene rings is 1. The highest BCUT2D eigenvalue weighted by molar-refractivity contribution is 8.26. The molecule has 2 saturated heterocycles. The smallest absolute Gasteiger partial charge is 0.266 e.